The predicted molar refractivity (Wildman–Crippen MR) is 105 cm³/mol. The molecule has 9 heteroatoms. The third-order valence-corrected chi connectivity index (χ3v) is 7.06. The van der Waals surface area contributed by atoms with Gasteiger partial charge in [0.15, 0.2) is 0 Å². The highest BCUT2D eigenvalue weighted by molar-refractivity contribution is 7.17. The molecule has 1 saturated carbocycles. The smallest absolute Gasteiger partial charge is 0.324 e. The highest BCUT2D eigenvalue weighted by atomic mass is 35.5. The van der Waals surface area contributed by atoms with Crippen molar-refractivity contribution in [1.29, 1.82) is 0 Å². The first kappa shape index (κ1) is 19.3. The summed E-state index contributed by atoms with van der Waals surface area (Å²) in [5, 5.41) is 18.4. The molecule has 1 aliphatic carbocycles. The molecule has 140 valence electrons. The van der Waals surface area contributed by atoms with Gasteiger partial charge in [0.05, 0.1) is 9.80 Å². The van der Waals surface area contributed by atoms with E-state index in [9.17, 15) is 14.9 Å². The van der Waals surface area contributed by atoms with Crippen LogP contribution in [0.5, 0.6) is 0 Å². The summed E-state index contributed by atoms with van der Waals surface area (Å²) in [6, 6.07) is 5.29. The van der Waals surface area contributed by atoms with E-state index in [-0.39, 0.29) is 34.8 Å². The van der Waals surface area contributed by atoms with Gasteiger partial charge in [-0.2, -0.15) is 11.3 Å². The van der Waals surface area contributed by atoms with Gasteiger partial charge in [-0.25, -0.2) is 0 Å². The number of nitrogens with zero attached hydrogens (tertiary/aromatic N) is 2. The standard InChI is InChI=1S/C17H19N3O3S2.ClH/c21-16(13-1-2-15(25-13)20(22)23)19(10-12-3-8-24-11-12)14-9-17(14)4-6-18-7-5-17;/h1-3,8,11,14,18H,4-7,9-10H2;1H. The second-order valence-corrected chi connectivity index (χ2v) is 8.63. The van der Waals surface area contributed by atoms with E-state index in [1.807, 2.05) is 16.3 Å². The van der Waals surface area contributed by atoms with E-state index in [1.165, 1.54) is 6.07 Å². The molecule has 26 heavy (non-hydrogen) atoms. The average molecular weight is 414 g/mol. The molecule has 2 aromatic heterocycles. The van der Waals surface area contributed by atoms with Gasteiger partial charge in [-0.3, -0.25) is 14.9 Å². The molecule has 1 amide bonds. The Labute approximate surface area is 165 Å². The number of halogens is 1. The van der Waals surface area contributed by atoms with Gasteiger partial charge >= 0.3 is 5.00 Å². The summed E-state index contributed by atoms with van der Waals surface area (Å²) >= 11 is 2.59. The molecule has 6 nitrogen and oxygen atoms in total. The van der Waals surface area contributed by atoms with Crippen molar-refractivity contribution in [2.45, 2.75) is 31.8 Å². The fourth-order valence-electron chi connectivity index (χ4n) is 3.81. The molecule has 1 N–H and O–H groups in total. The van der Waals surface area contributed by atoms with E-state index < -0.39 is 4.92 Å². The molecule has 1 saturated heterocycles. The van der Waals surface area contributed by atoms with Crippen molar-refractivity contribution >= 4 is 46.0 Å². The number of thiophene rings is 2. The van der Waals surface area contributed by atoms with Crippen molar-refractivity contribution in [1.82, 2.24) is 10.2 Å². The lowest BCUT2D eigenvalue weighted by Crippen LogP contribution is -2.38. The molecule has 0 aromatic carbocycles. The van der Waals surface area contributed by atoms with E-state index in [1.54, 1.807) is 17.4 Å². The van der Waals surface area contributed by atoms with Gasteiger partial charge in [-0.1, -0.05) is 11.3 Å². The quantitative estimate of drug-likeness (QED) is 0.595. The minimum Gasteiger partial charge on any atom is -0.330 e. The van der Waals surface area contributed by atoms with E-state index >= 15 is 0 Å². The topological polar surface area (TPSA) is 75.5 Å². The number of carbonyl (C=O) groups excluding carboxylic acids is 1. The Morgan fingerprint density at radius 2 is 2.12 bits per heavy atom. The minimum absolute atomic E-state index is 0. The van der Waals surface area contributed by atoms with E-state index in [4.69, 9.17) is 0 Å². The lowest BCUT2D eigenvalue weighted by Gasteiger charge is -2.29. The zero-order chi connectivity index (χ0) is 17.4. The lowest BCUT2D eigenvalue weighted by atomic mass is 9.93. The van der Waals surface area contributed by atoms with Crippen molar-refractivity contribution in [3.05, 3.63) is 49.5 Å². The fourth-order valence-corrected chi connectivity index (χ4v) is 5.25. The summed E-state index contributed by atoms with van der Waals surface area (Å²) in [6.45, 7) is 2.58. The largest absolute Gasteiger partial charge is 0.330 e. The first-order valence-electron chi connectivity index (χ1n) is 8.36. The fraction of sp³-hybridized carbons (Fsp3) is 0.471. The third-order valence-electron chi connectivity index (χ3n) is 5.30. The Kier molecular flexibility index (Phi) is 5.67. The van der Waals surface area contributed by atoms with Crippen LogP contribution in [0.1, 0.15) is 34.5 Å². The van der Waals surface area contributed by atoms with Crippen LogP contribution in [-0.2, 0) is 6.54 Å². The molecule has 2 aromatic rings. The van der Waals surface area contributed by atoms with Gasteiger partial charge in [0.25, 0.3) is 5.91 Å². The van der Waals surface area contributed by atoms with E-state index in [0.29, 0.717) is 11.4 Å². The summed E-state index contributed by atoms with van der Waals surface area (Å²) < 4.78 is 0. The van der Waals surface area contributed by atoms with Crippen molar-refractivity contribution in [3.8, 4) is 0 Å². The van der Waals surface area contributed by atoms with Crippen LogP contribution in [0.25, 0.3) is 0 Å². The summed E-state index contributed by atoms with van der Waals surface area (Å²) in [7, 11) is 0. The molecule has 0 bridgehead atoms. The van der Waals surface area contributed by atoms with Crippen LogP contribution >= 0.6 is 35.1 Å². The SMILES string of the molecule is Cl.O=C(c1ccc([N+](=O)[O-])s1)N(Cc1ccsc1)C1CC12CCNCC2. The van der Waals surface area contributed by atoms with Gasteiger partial charge in [0.2, 0.25) is 0 Å². The van der Waals surface area contributed by atoms with Crippen molar-refractivity contribution in [2.75, 3.05) is 13.1 Å². The highest BCUT2D eigenvalue weighted by Crippen LogP contribution is 2.56. The Morgan fingerprint density at radius 3 is 2.73 bits per heavy atom. The summed E-state index contributed by atoms with van der Waals surface area (Å²) in [4.78, 5) is 26.0. The number of nitro groups is 1. The molecule has 3 heterocycles. The van der Waals surface area contributed by atoms with Gasteiger partial charge in [0, 0.05) is 18.7 Å². The molecule has 1 aliphatic heterocycles. The van der Waals surface area contributed by atoms with Crippen LogP contribution < -0.4 is 5.32 Å². The predicted octanol–water partition coefficient (Wildman–Crippen LogP) is 3.92. The maximum absolute atomic E-state index is 13.1. The lowest BCUT2D eigenvalue weighted by molar-refractivity contribution is -0.380. The van der Waals surface area contributed by atoms with E-state index in [0.717, 1.165) is 49.3 Å². The number of hydrogen-bond acceptors (Lipinski definition) is 6. The number of piperidine rings is 1. The molecular weight excluding hydrogens is 394 g/mol. The molecule has 1 atom stereocenters. The van der Waals surface area contributed by atoms with Crippen LogP contribution in [0, 0.1) is 15.5 Å². The monoisotopic (exact) mass is 413 g/mol. The third kappa shape index (κ3) is 3.64. The second-order valence-electron chi connectivity index (χ2n) is 6.79. The molecular formula is C17H20ClN3O3S2. The van der Waals surface area contributed by atoms with Gasteiger partial charge in [-0.05, 0) is 66.2 Å². The molecule has 4 rings (SSSR count). The van der Waals surface area contributed by atoms with Crippen LogP contribution in [0.2, 0.25) is 0 Å². The van der Waals surface area contributed by atoms with E-state index in [2.05, 4.69) is 10.7 Å². The van der Waals surface area contributed by atoms with Crippen LogP contribution in [0.15, 0.2) is 29.0 Å². The van der Waals surface area contributed by atoms with Crippen LogP contribution in [0.3, 0.4) is 0 Å². The van der Waals surface area contributed by atoms with Gasteiger partial charge in [0.1, 0.15) is 0 Å². The second kappa shape index (κ2) is 7.64. The average Bonchev–Trinajstić information content (AvgIpc) is 3.06. The zero-order valence-corrected chi connectivity index (χ0v) is 16.5. The zero-order valence-electron chi connectivity index (χ0n) is 14.1. The Hall–Kier alpha value is -1.48. The number of rotatable bonds is 5. The Balaban J connectivity index is 0.00000196. The number of hydrogen-bond donors (Lipinski definition) is 1. The Bertz CT molecular complexity index is 787. The molecule has 0 radical (unpaired) electrons. The molecule has 2 aliphatic rings. The van der Waals surface area contributed by atoms with Crippen molar-refractivity contribution < 1.29 is 9.72 Å². The normalized spacial score (nSPS) is 20.4. The summed E-state index contributed by atoms with van der Waals surface area (Å²) in [5.41, 5.74) is 1.36. The maximum Gasteiger partial charge on any atom is 0.324 e. The number of carbonyl (C=O) groups is 1. The minimum atomic E-state index is -0.434. The summed E-state index contributed by atoms with van der Waals surface area (Å²) in [6.07, 6.45) is 3.23. The van der Waals surface area contributed by atoms with Crippen LogP contribution in [0.4, 0.5) is 5.00 Å². The highest BCUT2D eigenvalue weighted by Gasteiger charge is 2.57. The number of amides is 1. The maximum atomic E-state index is 13.1. The van der Waals surface area contributed by atoms with Crippen LogP contribution in [-0.4, -0.2) is 34.9 Å². The molecule has 1 unspecified atom stereocenters. The molecule has 1 spiro atoms. The van der Waals surface area contributed by atoms with Gasteiger partial charge in [-0.15, -0.1) is 12.4 Å². The first-order valence-corrected chi connectivity index (χ1v) is 10.1. The Morgan fingerprint density at radius 1 is 1.35 bits per heavy atom. The first-order chi connectivity index (χ1) is 12.1. The van der Waals surface area contributed by atoms with Crippen molar-refractivity contribution in [2.24, 2.45) is 5.41 Å². The molecule has 2 fully saturated rings. The van der Waals surface area contributed by atoms with Gasteiger partial charge < -0.3 is 10.2 Å². The summed E-state index contributed by atoms with van der Waals surface area (Å²) in [5.74, 6) is -0.0790. The van der Waals surface area contributed by atoms with Crippen molar-refractivity contribution in [3.63, 3.8) is 0 Å². The number of nitrogens with one attached hydrogen (secondary N) is 1.